The van der Waals surface area contributed by atoms with E-state index in [9.17, 15) is 14.4 Å². The van der Waals surface area contributed by atoms with E-state index in [0.29, 0.717) is 19.3 Å². The zero-order valence-electron chi connectivity index (χ0n) is 30.8. The van der Waals surface area contributed by atoms with Gasteiger partial charge in [0.05, 0.1) is 0 Å². The molecule has 0 spiro atoms. The van der Waals surface area contributed by atoms with Gasteiger partial charge < -0.3 is 15.3 Å². The van der Waals surface area contributed by atoms with Crippen molar-refractivity contribution in [3.05, 3.63) is 12.2 Å². The van der Waals surface area contributed by atoms with Crippen LogP contribution >= 0.6 is 0 Å². The van der Waals surface area contributed by atoms with Crippen LogP contribution in [0, 0.1) is 0 Å². The third-order valence-corrected chi connectivity index (χ3v) is 8.14. The molecule has 0 radical (unpaired) electrons. The van der Waals surface area contributed by atoms with Crippen molar-refractivity contribution in [3.63, 3.8) is 0 Å². The number of unbranched alkanes of at least 4 members (excludes halogenated alkanes) is 25. The van der Waals surface area contributed by atoms with Crippen LogP contribution in [0.15, 0.2) is 12.2 Å². The van der Waals surface area contributed by atoms with Crippen LogP contribution in [0.4, 0.5) is 0 Å². The maximum Gasteiger partial charge on any atom is 0.303 e. The van der Waals surface area contributed by atoms with Gasteiger partial charge in [0.1, 0.15) is 0 Å². The minimum absolute atomic E-state index is 0.332. The van der Waals surface area contributed by atoms with Gasteiger partial charge in [-0.25, -0.2) is 0 Å². The molecular weight excluding hydrogens is 576 g/mol. The molecule has 0 amide bonds. The summed E-state index contributed by atoms with van der Waals surface area (Å²) in [6.07, 6.45) is 41.4. The third-order valence-electron chi connectivity index (χ3n) is 8.14. The Labute approximate surface area is 285 Å². The number of rotatable bonds is 33. The summed E-state index contributed by atoms with van der Waals surface area (Å²) in [5.41, 5.74) is 0. The Morgan fingerprint density at radius 2 is 0.522 bits per heavy atom. The van der Waals surface area contributed by atoms with Crippen LogP contribution in [-0.4, -0.2) is 33.2 Å². The molecular formula is C40H78O6. The molecule has 0 rings (SSSR count). The first-order valence-corrected chi connectivity index (χ1v) is 19.6. The Bertz CT molecular complexity index is 646. The van der Waals surface area contributed by atoms with Crippen molar-refractivity contribution in [1.82, 2.24) is 0 Å². The highest BCUT2D eigenvalue weighted by Gasteiger charge is 1.98. The minimum atomic E-state index is -0.664. The summed E-state index contributed by atoms with van der Waals surface area (Å²) in [6, 6.07) is 0. The molecule has 3 N–H and O–H groups in total. The van der Waals surface area contributed by atoms with Crippen molar-refractivity contribution in [3.8, 4) is 0 Å². The van der Waals surface area contributed by atoms with Crippen LogP contribution in [-0.2, 0) is 14.4 Å². The highest BCUT2D eigenvalue weighted by molar-refractivity contribution is 5.67. The monoisotopic (exact) mass is 655 g/mol. The first-order chi connectivity index (χ1) is 22.3. The zero-order chi connectivity index (χ0) is 34.8. The maximum absolute atomic E-state index is 10.3. The third kappa shape index (κ3) is 57.8. The average Bonchev–Trinajstić information content (AvgIpc) is 3.02. The molecule has 0 saturated carbocycles. The van der Waals surface area contributed by atoms with E-state index in [4.69, 9.17) is 15.3 Å². The van der Waals surface area contributed by atoms with E-state index in [0.717, 1.165) is 38.5 Å². The molecule has 0 aromatic rings. The number of carboxylic acids is 3. The predicted octanol–water partition coefficient (Wildman–Crippen LogP) is 13.3. The van der Waals surface area contributed by atoms with Gasteiger partial charge in [-0.2, -0.15) is 0 Å². The number of allylic oxidation sites excluding steroid dienone is 2. The van der Waals surface area contributed by atoms with Crippen LogP contribution in [0.2, 0.25) is 0 Å². The summed E-state index contributed by atoms with van der Waals surface area (Å²) >= 11 is 0. The van der Waals surface area contributed by atoms with E-state index in [1.807, 2.05) is 0 Å². The predicted molar refractivity (Wildman–Crippen MR) is 197 cm³/mol. The molecule has 0 aliphatic carbocycles. The lowest BCUT2D eigenvalue weighted by atomic mass is 10.1. The van der Waals surface area contributed by atoms with E-state index in [1.165, 1.54) is 148 Å². The topological polar surface area (TPSA) is 112 Å². The van der Waals surface area contributed by atoms with Gasteiger partial charge in [-0.3, -0.25) is 14.4 Å². The van der Waals surface area contributed by atoms with E-state index < -0.39 is 17.9 Å². The van der Waals surface area contributed by atoms with E-state index >= 15 is 0 Å². The molecule has 6 nitrogen and oxygen atoms in total. The van der Waals surface area contributed by atoms with Crippen molar-refractivity contribution in [2.24, 2.45) is 0 Å². The number of carboxylic acid groups (broad SMARTS) is 3. The molecule has 6 heteroatoms. The molecule has 0 saturated heterocycles. The van der Waals surface area contributed by atoms with Gasteiger partial charge in [-0.1, -0.05) is 174 Å². The number of hydrogen-bond donors (Lipinski definition) is 3. The molecule has 0 atom stereocenters. The molecule has 0 aromatic heterocycles. The van der Waals surface area contributed by atoms with Crippen molar-refractivity contribution in [1.29, 1.82) is 0 Å². The molecule has 0 fully saturated rings. The van der Waals surface area contributed by atoms with Crippen molar-refractivity contribution < 1.29 is 29.7 Å². The van der Waals surface area contributed by atoms with Crippen molar-refractivity contribution in [2.75, 3.05) is 0 Å². The Hall–Kier alpha value is -1.85. The van der Waals surface area contributed by atoms with Crippen LogP contribution in [0.3, 0.4) is 0 Å². The second-order valence-corrected chi connectivity index (χ2v) is 13.0. The summed E-state index contributed by atoms with van der Waals surface area (Å²) in [5, 5.41) is 25.3. The molecule has 0 unspecified atom stereocenters. The van der Waals surface area contributed by atoms with Gasteiger partial charge in [-0.15, -0.1) is 0 Å². The molecule has 0 aromatic carbocycles. The largest absolute Gasteiger partial charge is 0.481 e. The minimum Gasteiger partial charge on any atom is -0.481 e. The van der Waals surface area contributed by atoms with Gasteiger partial charge in [0.15, 0.2) is 0 Å². The summed E-state index contributed by atoms with van der Waals surface area (Å²) in [4.78, 5) is 30.7. The zero-order valence-corrected chi connectivity index (χ0v) is 30.8. The Kier molecular flexibility index (Phi) is 47.8. The van der Waals surface area contributed by atoms with Gasteiger partial charge in [0.25, 0.3) is 0 Å². The summed E-state index contributed by atoms with van der Waals surface area (Å²) in [7, 11) is 0. The van der Waals surface area contributed by atoms with E-state index in [1.54, 1.807) is 0 Å². The fourth-order valence-corrected chi connectivity index (χ4v) is 5.17. The fraction of sp³-hybridized carbons (Fsp3) is 0.875. The number of aliphatic carboxylic acids is 3. The quantitative estimate of drug-likeness (QED) is 0.0479. The lowest BCUT2D eigenvalue weighted by Crippen LogP contribution is -1.93. The normalized spacial score (nSPS) is 10.7. The van der Waals surface area contributed by atoms with Gasteiger partial charge in [0.2, 0.25) is 0 Å². The van der Waals surface area contributed by atoms with Gasteiger partial charge >= 0.3 is 17.9 Å². The smallest absolute Gasteiger partial charge is 0.303 e. The van der Waals surface area contributed by atoms with Crippen LogP contribution in [0.1, 0.15) is 226 Å². The highest BCUT2D eigenvalue weighted by Crippen LogP contribution is 2.12. The molecule has 274 valence electrons. The number of carbonyl (C=O) groups is 3. The summed E-state index contributed by atoms with van der Waals surface area (Å²) in [5.74, 6) is -1.99. The van der Waals surface area contributed by atoms with E-state index in [-0.39, 0.29) is 0 Å². The first kappa shape index (κ1) is 48.5. The SMILES string of the molecule is CCCCCCCCC=CCCCCCCCC(=O)O.CCCCCCCCCC(=O)O.CCCCCCCCCCCC(=O)O. The van der Waals surface area contributed by atoms with Crippen LogP contribution < -0.4 is 0 Å². The second kappa shape index (κ2) is 45.3. The molecule has 0 bridgehead atoms. The second-order valence-electron chi connectivity index (χ2n) is 13.0. The average molecular weight is 655 g/mol. The Morgan fingerprint density at radius 3 is 0.739 bits per heavy atom. The lowest BCUT2D eigenvalue weighted by Gasteiger charge is -2.00. The van der Waals surface area contributed by atoms with Crippen molar-refractivity contribution in [2.45, 2.75) is 226 Å². The maximum atomic E-state index is 10.3. The summed E-state index contributed by atoms with van der Waals surface area (Å²) < 4.78 is 0. The molecule has 0 heterocycles. The molecule has 0 aliphatic rings. The summed E-state index contributed by atoms with van der Waals surface area (Å²) in [6.45, 7) is 6.69. The van der Waals surface area contributed by atoms with Crippen molar-refractivity contribution >= 4 is 17.9 Å². The van der Waals surface area contributed by atoms with Gasteiger partial charge in [-0.05, 0) is 44.9 Å². The lowest BCUT2D eigenvalue weighted by molar-refractivity contribution is -0.138. The standard InChI is InChI=1S/C18H34O2.C12H24O2.C10H20O2/c1-2-3-4-5-6-7-8-9-10-11-12-13-14-15-16-17-18(19)20;1-2-3-4-5-6-7-8-9-10-11-12(13)14;1-2-3-4-5-6-7-8-9-10(11)12/h9-10H,2-8,11-17H2,1H3,(H,19,20);2-11H2,1H3,(H,13,14);2-9H2,1H3,(H,11,12). The first-order valence-electron chi connectivity index (χ1n) is 19.6. The Morgan fingerprint density at radius 1 is 0.326 bits per heavy atom. The fourth-order valence-electron chi connectivity index (χ4n) is 5.17. The Balaban J connectivity index is -0.000000628. The number of hydrogen-bond acceptors (Lipinski definition) is 3. The molecule has 0 aliphatic heterocycles. The van der Waals surface area contributed by atoms with Crippen LogP contribution in [0.25, 0.3) is 0 Å². The van der Waals surface area contributed by atoms with Gasteiger partial charge in [0, 0.05) is 19.3 Å². The highest BCUT2D eigenvalue weighted by atomic mass is 16.4. The van der Waals surface area contributed by atoms with Crippen LogP contribution in [0.5, 0.6) is 0 Å². The van der Waals surface area contributed by atoms with E-state index in [2.05, 4.69) is 32.9 Å². The molecule has 46 heavy (non-hydrogen) atoms.